The van der Waals surface area contributed by atoms with Gasteiger partial charge in [0.2, 0.25) is 0 Å². The van der Waals surface area contributed by atoms with Gasteiger partial charge in [0, 0.05) is 19.3 Å². The van der Waals surface area contributed by atoms with Crippen molar-refractivity contribution in [3.05, 3.63) is 0 Å². The zero-order valence-corrected chi connectivity index (χ0v) is 7.94. The Morgan fingerprint density at radius 3 is 2.42 bits per heavy atom. The van der Waals surface area contributed by atoms with Crippen molar-refractivity contribution in [3.8, 4) is 0 Å². The first kappa shape index (κ1) is 10.3. The van der Waals surface area contributed by atoms with Crippen molar-refractivity contribution in [3.63, 3.8) is 0 Å². The average molecular weight is 194 g/mol. The lowest BCUT2D eigenvalue weighted by Gasteiger charge is -2.32. The monoisotopic (exact) mass is 193 g/mol. The van der Waals surface area contributed by atoms with Crippen LogP contribution >= 0.6 is 12.4 Å². The molecule has 0 aliphatic carbocycles. The zero-order valence-electron chi connectivity index (χ0n) is 7.12. The van der Waals surface area contributed by atoms with Crippen molar-refractivity contribution in [1.29, 1.82) is 0 Å². The predicted octanol–water partition coefficient (Wildman–Crippen LogP) is 0.705. The Bertz CT molecular complexity index is 142. The van der Waals surface area contributed by atoms with Crippen molar-refractivity contribution in [2.45, 2.75) is 30.9 Å². The molecule has 12 heavy (non-hydrogen) atoms. The van der Waals surface area contributed by atoms with E-state index < -0.39 is 0 Å². The molecular formula is C8H16ClNO2. The van der Waals surface area contributed by atoms with Crippen LogP contribution in [0.4, 0.5) is 0 Å². The van der Waals surface area contributed by atoms with Crippen LogP contribution in [0.15, 0.2) is 0 Å². The molecule has 2 heterocycles. The lowest BCUT2D eigenvalue weighted by molar-refractivity contribution is -0.0776. The maximum atomic E-state index is 5.77. The van der Waals surface area contributed by atoms with Gasteiger partial charge in [0.25, 0.3) is 0 Å². The first-order chi connectivity index (χ1) is 5.31. The summed E-state index contributed by atoms with van der Waals surface area (Å²) < 4.78 is 11.0. The van der Waals surface area contributed by atoms with E-state index in [1.165, 1.54) is 0 Å². The van der Waals surface area contributed by atoms with Crippen LogP contribution in [0, 0.1) is 0 Å². The first-order valence-corrected chi connectivity index (χ1v) is 4.28. The van der Waals surface area contributed by atoms with Gasteiger partial charge in [-0.1, -0.05) is 0 Å². The molecule has 1 atom stereocenters. The highest BCUT2D eigenvalue weighted by Gasteiger charge is 2.40. The number of hydrogen-bond acceptors (Lipinski definition) is 3. The fraction of sp³-hybridized carbons (Fsp3) is 1.00. The van der Waals surface area contributed by atoms with Crippen LogP contribution in [-0.2, 0) is 9.47 Å². The Morgan fingerprint density at radius 2 is 1.92 bits per heavy atom. The first-order valence-electron chi connectivity index (χ1n) is 4.28. The summed E-state index contributed by atoms with van der Waals surface area (Å²) in [5.41, 5.74) is 5.87. The molecule has 1 spiro atoms. The van der Waals surface area contributed by atoms with Gasteiger partial charge in [-0.2, -0.15) is 0 Å². The molecule has 72 valence electrons. The third-order valence-electron chi connectivity index (χ3n) is 2.64. The molecule has 0 amide bonds. The quantitative estimate of drug-likeness (QED) is 0.616. The summed E-state index contributed by atoms with van der Waals surface area (Å²) in [5, 5.41) is 0. The van der Waals surface area contributed by atoms with E-state index in [0.29, 0.717) is 0 Å². The Kier molecular flexibility index (Phi) is 3.35. The normalized spacial score (nSPS) is 33.2. The molecule has 2 fully saturated rings. The molecule has 2 rings (SSSR count). The lowest BCUT2D eigenvalue weighted by atomic mass is 9.90. The SMILES string of the molecule is Cl.NC1COC2(CCOCC2)C1. The highest BCUT2D eigenvalue weighted by Crippen LogP contribution is 2.34. The van der Waals surface area contributed by atoms with E-state index in [-0.39, 0.29) is 24.0 Å². The summed E-state index contributed by atoms with van der Waals surface area (Å²) in [6.07, 6.45) is 3.08. The van der Waals surface area contributed by atoms with Gasteiger partial charge in [-0.05, 0) is 19.3 Å². The van der Waals surface area contributed by atoms with Crippen LogP contribution in [0.2, 0.25) is 0 Å². The van der Waals surface area contributed by atoms with Gasteiger partial charge < -0.3 is 15.2 Å². The molecule has 0 saturated carbocycles. The van der Waals surface area contributed by atoms with Gasteiger partial charge >= 0.3 is 0 Å². The molecule has 2 N–H and O–H groups in total. The molecule has 2 aliphatic heterocycles. The van der Waals surface area contributed by atoms with Crippen LogP contribution < -0.4 is 5.73 Å². The van der Waals surface area contributed by atoms with E-state index in [4.69, 9.17) is 15.2 Å². The molecule has 0 aromatic heterocycles. The summed E-state index contributed by atoms with van der Waals surface area (Å²) >= 11 is 0. The van der Waals surface area contributed by atoms with Crippen molar-refractivity contribution in [2.24, 2.45) is 5.73 Å². The van der Waals surface area contributed by atoms with Gasteiger partial charge in [0.05, 0.1) is 12.2 Å². The molecular weight excluding hydrogens is 178 g/mol. The smallest absolute Gasteiger partial charge is 0.0742 e. The Hall–Kier alpha value is 0.170. The number of nitrogens with two attached hydrogens (primary N) is 1. The van der Waals surface area contributed by atoms with Crippen molar-refractivity contribution < 1.29 is 9.47 Å². The lowest BCUT2D eigenvalue weighted by Crippen LogP contribution is -2.36. The second-order valence-electron chi connectivity index (χ2n) is 3.57. The molecule has 2 saturated heterocycles. The van der Waals surface area contributed by atoms with Crippen LogP contribution in [0.25, 0.3) is 0 Å². The Labute approximate surface area is 79.0 Å². The maximum Gasteiger partial charge on any atom is 0.0742 e. The third-order valence-corrected chi connectivity index (χ3v) is 2.64. The zero-order chi connectivity index (χ0) is 7.73. The van der Waals surface area contributed by atoms with Crippen LogP contribution in [-0.4, -0.2) is 31.5 Å². The van der Waals surface area contributed by atoms with E-state index in [9.17, 15) is 0 Å². The Balaban J connectivity index is 0.000000720. The molecule has 3 nitrogen and oxygen atoms in total. The summed E-state index contributed by atoms with van der Waals surface area (Å²) in [4.78, 5) is 0. The van der Waals surface area contributed by atoms with E-state index in [1.54, 1.807) is 0 Å². The Morgan fingerprint density at radius 1 is 1.25 bits per heavy atom. The minimum absolute atomic E-state index is 0. The second kappa shape index (κ2) is 3.92. The highest BCUT2D eigenvalue weighted by molar-refractivity contribution is 5.85. The summed E-state index contributed by atoms with van der Waals surface area (Å²) in [7, 11) is 0. The summed E-state index contributed by atoms with van der Waals surface area (Å²) in [5.74, 6) is 0. The van der Waals surface area contributed by atoms with Gasteiger partial charge in [-0.3, -0.25) is 0 Å². The standard InChI is InChI=1S/C8H15NO2.ClH/c9-7-5-8(11-6-7)1-3-10-4-2-8;/h7H,1-6,9H2;1H. The maximum absolute atomic E-state index is 5.77. The summed E-state index contributed by atoms with van der Waals surface area (Å²) in [6.45, 7) is 2.42. The number of rotatable bonds is 0. The fourth-order valence-electron chi connectivity index (χ4n) is 1.97. The molecule has 4 heteroatoms. The van der Waals surface area contributed by atoms with Crippen LogP contribution in [0.1, 0.15) is 19.3 Å². The highest BCUT2D eigenvalue weighted by atomic mass is 35.5. The van der Waals surface area contributed by atoms with Crippen LogP contribution in [0.5, 0.6) is 0 Å². The van der Waals surface area contributed by atoms with Crippen molar-refractivity contribution in [1.82, 2.24) is 0 Å². The largest absolute Gasteiger partial charge is 0.381 e. The minimum Gasteiger partial charge on any atom is -0.381 e. The van der Waals surface area contributed by atoms with E-state index in [0.717, 1.165) is 39.1 Å². The van der Waals surface area contributed by atoms with Gasteiger partial charge in [0.1, 0.15) is 0 Å². The molecule has 0 radical (unpaired) electrons. The van der Waals surface area contributed by atoms with E-state index in [2.05, 4.69) is 0 Å². The van der Waals surface area contributed by atoms with Gasteiger partial charge in [-0.25, -0.2) is 0 Å². The molecule has 0 aromatic carbocycles. The molecule has 2 aliphatic rings. The topological polar surface area (TPSA) is 44.5 Å². The van der Waals surface area contributed by atoms with Crippen molar-refractivity contribution in [2.75, 3.05) is 19.8 Å². The minimum atomic E-state index is 0. The number of hydrogen-bond donors (Lipinski definition) is 1. The van der Waals surface area contributed by atoms with Crippen LogP contribution in [0.3, 0.4) is 0 Å². The number of ether oxygens (including phenoxy) is 2. The molecule has 0 bridgehead atoms. The number of halogens is 1. The van der Waals surface area contributed by atoms with Gasteiger partial charge in [0.15, 0.2) is 0 Å². The van der Waals surface area contributed by atoms with Crippen molar-refractivity contribution >= 4 is 12.4 Å². The fourth-order valence-corrected chi connectivity index (χ4v) is 1.97. The third kappa shape index (κ3) is 1.91. The summed E-state index contributed by atoms with van der Waals surface area (Å²) in [6, 6.07) is 0.257. The molecule has 1 unspecified atom stereocenters. The molecule has 0 aromatic rings. The predicted molar refractivity (Wildman–Crippen MR) is 48.6 cm³/mol. The second-order valence-corrected chi connectivity index (χ2v) is 3.57. The van der Waals surface area contributed by atoms with E-state index in [1.807, 2.05) is 0 Å². The average Bonchev–Trinajstić information content (AvgIpc) is 2.34. The van der Waals surface area contributed by atoms with E-state index >= 15 is 0 Å². The van der Waals surface area contributed by atoms with Gasteiger partial charge in [-0.15, -0.1) is 12.4 Å².